The summed E-state index contributed by atoms with van der Waals surface area (Å²) in [5.41, 5.74) is 11.1. The predicted octanol–water partition coefficient (Wildman–Crippen LogP) is 3.56. The average molecular weight is 275 g/mol. The first kappa shape index (κ1) is 15.3. The molecule has 0 bridgehead atoms. The van der Waals surface area contributed by atoms with E-state index in [1.165, 1.54) is 36.9 Å². The zero-order chi connectivity index (χ0) is 14.9. The molecule has 0 saturated heterocycles. The highest BCUT2D eigenvalue weighted by Gasteiger charge is 2.29. The van der Waals surface area contributed by atoms with Crippen molar-refractivity contribution in [3.05, 3.63) is 23.0 Å². The third-order valence-corrected chi connectivity index (χ3v) is 4.88. The van der Waals surface area contributed by atoms with Gasteiger partial charge in [-0.15, -0.1) is 0 Å². The van der Waals surface area contributed by atoms with Gasteiger partial charge in [0.05, 0.1) is 0 Å². The first-order chi connectivity index (χ1) is 9.34. The second-order valence-corrected chi connectivity index (χ2v) is 7.06. The van der Waals surface area contributed by atoms with Gasteiger partial charge < -0.3 is 10.6 Å². The van der Waals surface area contributed by atoms with Crippen LogP contribution in [0.15, 0.2) is 6.07 Å². The molecular weight excluding hydrogens is 246 g/mol. The van der Waals surface area contributed by atoms with Gasteiger partial charge in [0.2, 0.25) is 0 Å². The van der Waals surface area contributed by atoms with Crippen LogP contribution in [0.2, 0.25) is 0 Å². The maximum Gasteiger partial charge on any atom is 0.0448 e. The molecular formula is C17H29N3. The van der Waals surface area contributed by atoms with Gasteiger partial charge in [-0.25, -0.2) is 0 Å². The van der Waals surface area contributed by atoms with Gasteiger partial charge in [0.1, 0.15) is 0 Å². The van der Waals surface area contributed by atoms with Crippen LogP contribution in [0.3, 0.4) is 0 Å². The van der Waals surface area contributed by atoms with E-state index in [1.54, 1.807) is 0 Å². The molecule has 20 heavy (non-hydrogen) atoms. The van der Waals surface area contributed by atoms with Crippen LogP contribution in [0.25, 0.3) is 0 Å². The molecule has 1 saturated carbocycles. The zero-order valence-electron chi connectivity index (χ0n) is 13.7. The molecule has 1 aromatic rings. The smallest absolute Gasteiger partial charge is 0.0448 e. The number of aryl methyl sites for hydroxylation is 2. The minimum Gasteiger partial charge on any atom is -0.371 e. The van der Waals surface area contributed by atoms with Crippen molar-refractivity contribution in [1.82, 2.24) is 4.98 Å². The fourth-order valence-corrected chi connectivity index (χ4v) is 3.37. The van der Waals surface area contributed by atoms with Gasteiger partial charge in [-0.2, -0.15) is 0 Å². The minimum absolute atomic E-state index is 0.512. The second-order valence-electron chi connectivity index (χ2n) is 7.06. The summed E-state index contributed by atoms with van der Waals surface area (Å²) < 4.78 is 0. The van der Waals surface area contributed by atoms with E-state index in [-0.39, 0.29) is 0 Å². The van der Waals surface area contributed by atoms with Crippen LogP contribution < -0.4 is 10.6 Å². The van der Waals surface area contributed by atoms with Crippen LogP contribution in [0.1, 0.15) is 56.5 Å². The molecule has 1 aromatic heterocycles. The number of nitrogens with two attached hydrogens (primary N) is 1. The first-order valence-electron chi connectivity index (χ1n) is 7.74. The minimum atomic E-state index is 0.512. The molecule has 2 rings (SSSR count). The van der Waals surface area contributed by atoms with E-state index in [1.807, 2.05) is 0 Å². The molecule has 1 heterocycles. The highest BCUT2D eigenvalue weighted by molar-refractivity contribution is 5.56. The highest BCUT2D eigenvalue weighted by Crippen LogP contribution is 2.38. The molecule has 0 aliphatic heterocycles. The second kappa shape index (κ2) is 5.72. The van der Waals surface area contributed by atoms with Crippen LogP contribution in [-0.2, 0) is 6.54 Å². The lowest BCUT2D eigenvalue weighted by Gasteiger charge is -2.40. The monoisotopic (exact) mass is 275 g/mol. The Bertz CT molecular complexity index is 469. The Morgan fingerprint density at radius 1 is 1.30 bits per heavy atom. The van der Waals surface area contributed by atoms with Crippen molar-refractivity contribution in [2.45, 2.75) is 66.0 Å². The highest BCUT2D eigenvalue weighted by atomic mass is 15.1. The van der Waals surface area contributed by atoms with Crippen molar-refractivity contribution in [2.24, 2.45) is 11.1 Å². The van der Waals surface area contributed by atoms with Gasteiger partial charge in [-0.3, -0.25) is 4.98 Å². The van der Waals surface area contributed by atoms with E-state index in [0.717, 1.165) is 11.4 Å². The Balaban J connectivity index is 2.23. The Morgan fingerprint density at radius 2 is 1.90 bits per heavy atom. The summed E-state index contributed by atoms with van der Waals surface area (Å²) in [7, 11) is 2.22. The van der Waals surface area contributed by atoms with E-state index in [0.29, 0.717) is 18.0 Å². The van der Waals surface area contributed by atoms with Gasteiger partial charge in [0.25, 0.3) is 0 Å². The molecule has 0 amide bonds. The van der Waals surface area contributed by atoms with E-state index >= 15 is 0 Å². The van der Waals surface area contributed by atoms with Crippen molar-refractivity contribution >= 4 is 5.69 Å². The molecule has 3 nitrogen and oxygen atoms in total. The maximum atomic E-state index is 5.95. The Labute approximate surface area is 123 Å². The molecule has 112 valence electrons. The van der Waals surface area contributed by atoms with E-state index in [9.17, 15) is 0 Å². The van der Waals surface area contributed by atoms with Gasteiger partial charge in [-0.05, 0) is 51.0 Å². The van der Waals surface area contributed by atoms with Gasteiger partial charge >= 0.3 is 0 Å². The van der Waals surface area contributed by atoms with E-state index in [4.69, 9.17) is 5.73 Å². The quantitative estimate of drug-likeness (QED) is 0.917. The van der Waals surface area contributed by atoms with Gasteiger partial charge in [-0.1, -0.05) is 13.8 Å². The summed E-state index contributed by atoms with van der Waals surface area (Å²) in [6.45, 7) is 9.46. The van der Waals surface area contributed by atoms with E-state index < -0.39 is 0 Å². The molecule has 1 aliphatic carbocycles. The normalized spacial score (nSPS) is 19.1. The summed E-state index contributed by atoms with van der Waals surface area (Å²) in [4.78, 5) is 6.99. The molecule has 0 atom stereocenters. The average Bonchev–Trinajstić information content (AvgIpc) is 2.37. The largest absolute Gasteiger partial charge is 0.371 e. The van der Waals surface area contributed by atoms with Crippen LogP contribution in [-0.4, -0.2) is 18.1 Å². The number of anilines is 1. The number of hydrogen-bond donors (Lipinski definition) is 1. The van der Waals surface area contributed by atoms with Crippen LogP contribution in [0.4, 0.5) is 5.69 Å². The topological polar surface area (TPSA) is 42.1 Å². The lowest BCUT2D eigenvalue weighted by atomic mass is 9.75. The Hall–Kier alpha value is -1.09. The number of rotatable bonds is 3. The fourth-order valence-electron chi connectivity index (χ4n) is 3.37. The summed E-state index contributed by atoms with van der Waals surface area (Å²) in [6, 6.07) is 2.82. The summed E-state index contributed by atoms with van der Waals surface area (Å²) in [6.07, 6.45) is 5.16. The van der Waals surface area contributed by atoms with Crippen molar-refractivity contribution in [1.29, 1.82) is 0 Å². The summed E-state index contributed by atoms with van der Waals surface area (Å²) >= 11 is 0. The van der Waals surface area contributed by atoms with Gasteiger partial charge in [0.15, 0.2) is 0 Å². The summed E-state index contributed by atoms with van der Waals surface area (Å²) in [5.74, 6) is 0. The number of nitrogens with zero attached hydrogens (tertiary/aromatic N) is 2. The van der Waals surface area contributed by atoms with E-state index in [2.05, 4.69) is 50.7 Å². The first-order valence-corrected chi connectivity index (χ1v) is 7.74. The molecule has 0 spiro atoms. The fraction of sp³-hybridized carbons (Fsp3) is 0.706. The van der Waals surface area contributed by atoms with Crippen LogP contribution in [0.5, 0.6) is 0 Å². The lowest BCUT2D eigenvalue weighted by Crippen LogP contribution is -2.38. The lowest BCUT2D eigenvalue weighted by molar-refractivity contribution is 0.222. The standard InChI is InChI=1S/C17H29N3/c1-12-10-16(15(11-18)13(2)19-12)20(5)14-6-8-17(3,4)9-7-14/h10,14H,6-9,11,18H2,1-5H3. The van der Waals surface area contributed by atoms with Gasteiger partial charge in [0, 0.05) is 42.3 Å². The maximum absolute atomic E-state index is 5.95. The van der Waals surface area contributed by atoms with Crippen molar-refractivity contribution in [2.75, 3.05) is 11.9 Å². The zero-order valence-corrected chi connectivity index (χ0v) is 13.7. The summed E-state index contributed by atoms with van der Waals surface area (Å²) in [5, 5.41) is 0. The molecule has 0 aromatic carbocycles. The molecule has 0 radical (unpaired) electrons. The molecule has 0 unspecified atom stereocenters. The third-order valence-electron chi connectivity index (χ3n) is 4.88. The number of aromatic nitrogens is 1. The molecule has 3 heteroatoms. The molecule has 1 aliphatic rings. The number of hydrogen-bond acceptors (Lipinski definition) is 3. The third kappa shape index (κ3) is 3.14. The molecule has 2 N–H and O–H groups in total. The van der Waals surface area contributed by atoms with Crippen LogP contribution in [0, 0.1) is 19.3 Å². The predicted molar refractivity (Wildman–Crippen MR) is 86.0 cm³/mol. The van der Waals surface area contributed by atoms with Crippen LogP contribution >= 0.6 is 0 Å². The SMILES string of the molecule is Cc1cc(N(C)C2CCC(C)(C)CC2)c(CN)c(C)n1. The van der Waals surface area contributed by atoms with Crippen molar-refractivity contribution < 1.29 is 0 Å². The van der Waals surface area contributed by atoms with Crippen molar-refractivity contribution in [3.8, 4) is 0 Å². The Kier molecular flexibility index (Phi) is 4.38. The molecule has 1 fully saturated rings. The Morgan fingerprint density at radius 3 is 2.45 bits per heavy atom. The van der Waals surface area contributed by atoms with Crippen molar-refractivity contribution in [3.63, 3.8) is 0 Å². The number of pyridine rings is 1.